The molecule has 5 heteroatoms. The predicted octanol–water partition coefficient (Wildman–Crippen LogP) is 3.48. The van der Waals surface area contributed by atoms with Crippen molar-refractivity contribution >= 4 is 11.9 Å². The molecule has 0 bridgehead atoms. The van der Waals surface area contributed by atoms with Gasteiger partial charge in [0.25, 0.3) is 5.91 Å². The van der Waals surface area contributed by atoms with Crippen LogP contribution in [-0.4, -0.2) is 18.5 Å². The van der Waals surface area contributed by atoms with Crippen LogP contribution < -0.4 is 5.32 Å². The van der Waals surface area contributed by atoms with E-state index >= 15 is 0 Å². The van der Waals surface area contributed by atoms with Crippen LogP contribution in [0, 0.1) is 19.7 Å². The highest BCUT2D eigenvalue weighted by atomic mass is 19.1. The molecule has 0 saturated carbocycles. The van der Waals surface area contributed by atoms with Gasteiger partial charge in [-0.1, -0.05) is 35.9 Å². The van der Waals surface area contributed by atoms with E-state index in [1.807, 2.05) is 38.1 Å². The van der Waals surface area contributed by atoms with Crippen molar-refractivity contribution in [3.63, 3.8) is 0 Å². The van der Waals surface area contributed by atoms with Gasteiger partial charge in [0.2, 0.25) is 0 Å². The smallest absolute Gasteiger partial charge is 0.338 e. The molecular weight excluding hydrogens is 309 g/mol. The van der Waals surface area contributed by atoms with Gasteiger partial charge in [0, 0.05) is 0 Å². The van der Waals surface area contributed by atoms with E-state index in [-0.39, 0.29) is 11.6 Å². The highest BCUT2D eigenvalue weighted by Crippen LogP contribution is 2.13. The van der Waals surface area contributed by atoms with Gasteiger partial charge in [-0.3, -0.25) is 4.79 Å². The Morgan fingerprint density at radius 2 is 1.79 bits per heavy atom. The minimum absolute atomic E-state index is 0.0810. The summed E-state index contributed by atoms with van der Waals surface area (Å²) in [4.78, 5) is 23.7. The van der Waals surface area contributed by atoms with E-state index in [0.717, 1.165) is 17.2 Å². The number of carbonyl (C=O) groups excluding carboxylic acids is 2. The number of amides is 1. The molecule has 0 saturated heterocycles. The third kappa shape index (κ3) is 4.65. The number of carbonyl (C=O) groups is 2. The summed E-state index contributed by atoms with van der Waals surface area (Å²) in [5.74, 6) is -1.63. The van der Waals surface area contributed by atoms with Crippen molar-refractivity contribution in [3.05, 3.63) is 70.5 Å². The molecule has 2 aromatic rings. The van der Waals surface area contributed by atoms with E-state index in [9.17, 15) is 14.0 Å². The summed E-state index contributed by atoms with van der Waals surface area (Å²) in [5, 5.41) is 2.75. The van der Waals surface area contributed by atoms with Gasteiger partial charge >= 0.3 is 5.97 Å². The molecule has 2 rings (SSSR count). The number of esters is 1. The van der Waals surface area contributed by atoms with Crippen LogP contribution in [0.2, 0.25) is 0 Å². The quantitative estimate of drug-likeness (QED) is 0.855. The Kier molecular flexibility index (Phi) is 5.68. The highest BCUT2D eigenvalue weighted by Gasteiger charge is 2.14. The normalized spacial score (nSPS) is 11.7. The fourth-order valence-electron chi connectivity index (χ4n) is 2.16. The zero-order chi connectivity index (χ0) is 17.7. The minimum atomic E-state index is -0.730. The summed E-state index contributed by atoms with van der Waals surface area (Å²) < 4.78 is 18.4. The number of aryl methyl sites for hydroxylation is 2. The van der Waals surface area contributed by atoms with Gasteiger partial charge in [-0.25, -0.2) is 9.18 Å². The summed E-state index contributed by atoms with van der Waals surface area (Å²) in [5.41, 5.74) is 2.62. The van der Waals surface area contributed by atoms with Gasteiger partial charge in [0.15, 0.2) is 6.61 Å². The lowest BCUT2D eigenvalue weighted by Gasteiger charge is -2.14. The van der Waals surface area contributed by atoms with Crippen molar-refractivity contribution in [2.75, 3.05) is 6.61 Å². The van der Waals surface area contributed by atoms with Crippen molar-refractivity contribution in [1.82, 2.24) is 5.32 Å². The van der Waals surface area contributed by atoms with E-state index in [1.54, 1.807) is 6.92 Å². The van der Waals surface area contributed by atoms with Gasteiger partial charge in [-0.2, -0.15) is 0 Å². The summed E-state index contributed by atoms with van der Waals surface area (Å²) in [6.07, 6.45) is 0. The Balaban J connectivity index is 1.87. The third-order valence-electron chi connectivity index (χ3n) is 3.70. The van der Waals surface area contributed by atoms with Gasteiger partial charge in [-0.05, 0) is 44.0 Å². The molecule has 0 spiro atoms. The summed E-state index contributed by atoms with van der Waals surface area (Å²) in [7, 11) is 0. The van der Waals surface area contributed by atoms with Crippen LogP contribution in [0.5, 0.6) is 0 Å². The Morgan fingerprint density at radius 3 is 2.42 bits per heavy atom. The first-order valence-corrected chi connectivity index (χ1v) is 7.66. The van der Waals surface area contributed by atoms with Crippen LogP contribution in [0.1, 0.15) is 40.0 Å². The zero-order valence-corrected chi connectivity index (χ0v) is 13.9. The predicted molar refractivity (Wildman–Crippen MR) is 89.2 cm³/mol. The van der Waals surface area contributed by atoms with E-state index in [4.69, 9.17) is 4.74 Å². The van der Waals surface area contributed by atoms with E-state index < -0.39 is 24.3 Å². The minimum Gasteiger partial charge on any atom is -0.452 e. The molecule has 1 atom stereocenters. The topological polar surface area (TPSA) is 55.4 Å². The van der Waals surface area contributed by atoms with Gasteiger partial charge in [0.05, 0.1) is 11.6 Å². The summed E-state index contributed by atoms with van der Waals surface area (Å²) in [6.45, 7) is 5.02. The van der Waals surface area contributed by atoms with Crippen LogP contribution in [0.15, 0.2) is 42.5 Å². The molecule has 0 aliphatic carbocycles. The molecule has 1 N–H and O–H groups in total. The monoisotopic (exact) mass is 329 g/mol. The molecule has 0 unspecified atom stereocenters. The fraction of sp³-hybridized carbons (Fsp3) is 0.263. The number of hydrogen-bond acceptors (Lipinski definition) is 3. The molecular formula is C19H20FNO3. The van der Waals surface area contributed by atoms with Crippen molar-refractivity contribution in [1.29, 1.82) is 0 Å². The second-order valence-corrected chi connectivity index (χ2v) is 5.74. The number of nitrogens with one attached hydrogen (secondary N) is 1. The Morgan fingerprint density at radius 1 is 1.12 bits per heavy atom. The molecule has 0 aliphatic rings. The van der Waals surface area contributed by atoms with Crippen LogP contribution >= 0.6 is 0 Å². The maximum Gasteiger partial charge on any atom is 0.338 e. The molecule has 4 nitrogen and oxygen atoms in total. The average molecular weight is 329 g/mol. The van der Waals surface area contributed by atoms with Crippen molar-refractivity contribution in [3.8, 4) is 0 Å². The zero-order valence-electron chi connectivity index (χ0n) is 13.9. The molecule has 0 aliphatic heterocycles. The number of benzene rings is 2. The fourth-order valence-corrected chi connectivity index (χ4v) is 2.16. The van der Waals surface area contributed by atoms with Gasteiger partial charge < -0.3 is 10.1 Å². The summed E-state index contributed by atoms with van der Waals surface area (Å²) in [6, 6.07) is 11.6. The molecule has 126 valence electrons. The molecule has 24 heavy (non-hydrogen) atoms. The Bertz CT molecular complexity index is 741. The van der Waals surface area contributed by atoms with E-state index in [1.165, 1.54) is 12.1 Å². The average Bonchev–Trinajstić information content (AvgIpc) is 2.55. The number of ether oxygens (including phenoxy) is 1. The first kappa shape index (κ1) is 17.7. The van der Waals surface area contributed by atoms with Gasteiger partial charge in [0.1, 0.15) is 5.82 Å². The second-order valence-electron chi connectivity index (χ2n) is 5.74. The second kappa shape index (κ2) is 7.73. The van der Waals surface area contributed by atoms with E-state index in [2.05, 4.69) is 5.32 Å². The molecule has 0 heterocycles. The lowest BCUT2D eigenvalue weighted by atomic mass is 10.1. The van der Waals surface area contributed by atoms with Crippen LogP contribution in [-0.2, 0) is 9.53 Å². The third-order valence-corrected chi connectivity index (χ3v) is 3.70. The molecule has 1 amide bonds. The number of halogens is 1. The Labute approximate surface area is 140 Å². The Hall–Kier alpha value is -2.69. The largest absolute Gasteiger partial charge is 0.452 e. The standard InChI is InChI=1S/C19H20FNO3/c1-12-4-7-15(8-5-12)14(3)21-18(22)11-24-19(23)16-9-6-13(2)17(20)10-16/h4-10,14H,11H2,1-3H3,(H,21,22)/t14-/m1/s1. The molecule has 0 radical (unpaired) electrons. The van der Waals surface area contributed by atoms with Crippen molar-refractivity contribution in [2.24, 2.45) is 0 Å². The number of rotatable bonds is 5. The molecule has 2 aromatic carbocycles. The van der Waals surface area contributed by atoms with Gasteiger partial charge in [-0.15, -0.1) is 0 Å². The maximum atomic E-state index is 13.4. The van der Waals surface area contributed by atoms with Crippen LogP contribution in [0.4, 0.5) is 4.39 Å². The lowest BCUT2D eigenvalue weighted by molar-refractivity contribution is -0.124. The van der Waals surface area contributed by atoms with Crippen LogP contribution in [0.25, 0.3) is 0 Å². The van der Waals surface area contributed by atoms with E-state index in [0.29, 0.717) is 5.56 Å². The SMILES string of the molecule is Cc1ccc([C@@H](C)NC(=O)COC(=O)c2ccc(C)c(F)c2)cc1. The molecule has 0 fully saturated rings. The lowest BCUT2D eigenvalue weighted by Crippen LogP contribution is -2.31. The first-order chi connectivity index (χ1) is 11.4. The summed E-state index contributed by atoms with van der Waals surface area (Å²) >= 11 is 0. The highest BCUT2D eigenvalue weighted by molar-refractivity contribution is 5.91. The first-order valence-electron chi connectivity index (χ1n) is 7.66. The molecule has 0 aromatic heterocycles. The number of hydrogen-bond donors (Lipinski definition) is 1. The van der Waals surface area contributed by atoms with Crippen LogP contribution in [0.3, 0.4) is 0 Å². The van der Waals surface area contributed by atoms with Crippen molar-refractivity contribution in [2.45, 2.75) is 26.8 Å². The van der Waals surface area contributed by atoms with Crippen molar-refractivity contribution < 1.29 is 18.7 Å². The maximum absolute atomic E-state index is 13.4.